The van der Waals surface area contributed by atoms with Gasteiger partial charge in [-0.3, -0.25) is 0 Å². The van der Waals surface area contributed by atoms with Gasteiger partial charge >= 0.3 is 0 Å². The lowest BCUT2D eigenvalue weighted by Gasteiger charge is -2.16. The average molecular weight is 163 g/mol. The van der Waals surface area contributed by atoms with E-state index in [0.29, 0.717) is 0 Å². The molecular formula is C4H2Cl2N3-. The number of hydrogen-bond acceptors (Lipinski definition) is 2. The molecule has 0 aromatic carbocycles. The predicted octanol–water partition coefficient (Wildman–Crippen LogP) is 2.03. The van der Waals surface area contributed by atoms with E-state index in [2.05, 4.69) is 21.9 Å². The fourth-order valence-electron chi connectivity index (χ4n) is 0.364. The van der Waals surface area contributed by atoms with Crippen molar-refractivity contribution >= 4 is 33.8 Å². The third-order valence-electron chi connectivity index (χ3n) is 0.627. The molecule has 1 aliphatic heterocycles. The SMILES string of the molecule is C=C1N=C(Cl)N=C(Cl)[N-]1. The molecule has 0 bridgehead atoms. The van der Waals surface area contributed by atoms with Crippen molar-refractivity contribution in [3.8, 4) is 0 Å². The largest absolute Gasteiger partial charge is 0.349 e. The summed E-state index contributed by atoms with van der Waals surface area (Å²) in [6, 6.07) is 0. The summed E-state index contributed by atoms with van der Waals surface area (Å²) in [6.45, 7) is 3.41. The molecule has 48 valence electrons. The van der Waals surface area contributed by atoms with Crippen LogP contribution in [0.5, 0.6) is 0 Å². The van der Waals surface area contributed by atoms with E-state index in [1.54, 1.807) is 0 Å². The number of amidine groups is 2. The molecule has 0 aliphatic carbocycles. The Morgan fingerprint density at radius 1 is 1.33 bits per heavy atom. The van der Waals surface area contributed by atoms with Crippen LogP contribution >= 0.6 is 23.2 Å². The fraction of sp³-hybridized carbons (Fsp3) is 0. The molecular weight excluding hydrogens is 161 g/mol. The lowest BCUT2D eigenvalue weighted by atomic mass is 10.7. The van der Waals surface area contributed by atoms with Crippen molar-refractivity contribution in [2.45, 2.75) is 0 Å². The Balaban J connectivity index is 2.86. The molecule has 3 nitrogen and oxygen atoms in total. The molecule has 0 unspecified atom stereocenters. The minimum absolute atomic E-state index is 0.0694. The summed E-state index contributed by atoms with van der Waals surface area (Å²) in [7, 11) is 0. The maximum Gasteiger partial charge on any atom is 0.0812 e. The van der Waals surface area contributed by atoms with Gasteiger partial charge in [0.15, 0.2) is 0 Å². The first-order chi connectivity index (χ1) is 4.18. The Morgan fingerprint density at radius 3 is 2.44 bits per heavy atom. The number of halogens is 2. The van der Waals surface area contributed by atoms with Gasteiger partial charge in [-0.05, 0) is 0 Å². The van der Waals surface area contributed by atoms with E-state index in [1.165, 1.54) is 0 Å². The third kappa shape index (κ3) is 1.69. The zero-order valence-electron chi connectivity index (χ0n) is 4.30. The molecule has 0 radical (unpaired) electrons. The molecule has 0 saturated carbocycles. The van der Waals surface area contributed by atoms with E-state index < -0.39 is 0 Å². The van der Waals surface area contributed by atoms with Crippen LogP contribution in [0.3, 0.4) is 0 Å². The van der Waals surface area contributed by atoms with Gasteiger partial charge in [0.25, 0.3) is 0 Å². The van der Waals surface area contributed by atoms with Crippen molar-refractivity contribution < 1.29 is 0 Å². The van der Waals surface area contributed by atoms with Gasteiger partial charge in [0.05, 0.1) is 10.6 Å². The first-order valence-corrected chi connectivity index (χ1v) is 2.83. The average Bonchev–Trinajstić information content (AvgIpc) is 1.59. The van der Waals surface area contributed by atoms with E-state index in [-0.39, 0.29) is 16.4 Å². The quantitative estimate of drug-likeness (QED) is 0.490. The molecule has 0 spiro atoms. The first-order valence-electron chi connectivity index (χ1n) is 2.07. The molecule has 0 saturated heterocycles. The number of nitrogens with zero attached hydrogens (tertiary/aromatic N) is 3. The Kier molecular flexibility index (Phi) is 1.73. The maximum atomic E-state index is 5.36. The number of hydrogen-bond donors (Lipinski definition) is 0. The third-order valence-corrected chi connectivity index (χ3v) is 0.965. The van der Waals surface area contributed by atoms with Crippen LogP contribution in [0, 0.1) is 0 Å². The van der Waals surface area contributed by atoms with Gasteiger partial charge in [-0.15, -0.1) is 0 Å². The lowest BCUT2D eigenvalue weighted by molar-refractivity contribution is 1.37. The maximum absolute atomic E-state index is 5.36. The van der Waals surface area contributed by atoms with Gasteiger partial charge in [0, 0.05) is 5.82 Å². The van der Waals surface area contributed by atoms with Crippen LogP contribution in [0.25, 0.3) is 5.32 Å². The number of rotatable bonds is 0. The smallest absolute Gasteiger partial charge is 0.0812 e. The summed E-state index contributed by atoms with van der Waals surface area (Å²) in [4.78, 5) is 7.09. The van der Waals surface area contributed by atoms with Gasteiger partial charge in [-0.1, -0.05) is 29.8 Å². The highest BCUT2D eigenvalue weighted by molar-refractivity contribution is 6.74. The summed E-state index contributed by atoms with van der Waals surface area (Å²) in [5.74, 6) is 0.278. The minimum Gasteiger partial charge on any atom is -0.349 e. The van der Waals surface area contributed by atoms with Crippen LogP contribution in [-0.4, -0.2) is 10.6 Å². The molecule has 0 aromatic rings. The van der Waals surface area contributed by atoms with Gasteiger partial charge in [0.1, 0.15) is 0 Å². The highest BCUT2D eigenvalue weighted by Gasteiger charge is 1.93. The van der Waals surface area contributed by atoms with Crippen LogP contribution < -0.4 is 0 Å². The van der Waals surface area contributed by atoms with E-state index in [9.17, 15) is 0 Å². The van der Waals surface area contributed by atoms with Crippen LogP contribution in [0.15, 0.2) is 22.4 Å². The van der Waals surface area contributed by atoms with Crippen molar-refractivity contribution in [3.05, 3.63) is 17.7 Å². The zero-order valence-corrected chi connectivity index (χ0v) is 5.82. The second kappa shape index (κ2) is 2.37. The van der Waals surface area contributed by atoms with E-state index in [4.69, 9.17) is 23.2 Å². The van der Waals surface area contributed by atoms with Crippen molar-refractivity contribution in [2.24, 2.45) is 9.98 Å². The molecule has 0 atom stereocenters. The van der Waals surface area contributed by atoms with Crippen LogP contribution in [0.1, 0.15) is 0 Å². The van der Waals surface area contributed by atoms with Crippen LogP contribution in [-0.2, 0) is 0 Å². The van der Waals surface area contributed by atoms with Crippen molar-refractivity contribution in [2.75, 3.05) is 0 Å². The molecule has 9 heavy (non-hydrogen) atoms. The Bertz CT molecular complexity index is 206. The van der Waals surface area contributed by atoms with Gasteiger partial charge in [-0.25, -0.2) is 0 Å². The second-order valence-electron chi connectivity index (χ2n) is 1.29. The van der Waals surface area contributed by atoms with Crippen molar-refractivity contribution in [1.82, 2.24) is 0 Å². The predicted molar refractivity (Wildman–Crippen MR) is 39.1 cm³/mol. The number of aliphatic imine (C=N–C) groups is 2. The molecule has 1 heterocycles. The lowest BCUT2D eigenvalue weighted by Crippen LogP contribution is -1.97. The molecule has 0 aromatic heterocycles. The van der Waals surface area contributed by atoms with Gasteiger partial charge in [-0.2, -0.15) is 0 Å². The monoisotopic (exact) mass is 162 g/mol. The standard InChI is InChI=1S/C4H2Cl2N3/c1-2-7-3(5)9-4(6)8-2/h1H2/q-1. The van der Waals surface area contributed by atoms with Crippen molar-refractivity contribution in [1.29, 1.82) is 0 Å². The highest BCUT2D eigenvalue weighted by Crippen LogP contribution is 2.15. The van der Waals surface area contributed by atoms with E-state index >= 15 is 0 Å². The molecule has 0 N–H and O–H groups in total. The molecule has 5 heteroatoms. The van der Waals surface area contributed by atoms with Crippen LogP contribution in [0.2, 0.25) is 0 Å². The summed E-state index contributed by atoms with van der Waals surface area (Å²) >= 11 is 10.7. The molecule has 1 aliphatic rings. The molecule has 1 rings (SSSR count). The Morgan fingerprint density at radius 2 is 2.00 bits per heavy atom. The van der Waals surface area contributed by atoms with Gasteiger partial charge in [0.2, 0.25) is 0 Å². The van der Waals surface area contributed by atoms with Crippen LogP contribution in [0.4, 0.5) is 0 Å². The topological polar surface area (TPSA) is 38.8 Å². The Labute approximate surface area is 62.1 Å². The molecule has 0 amide bonds. The normalized spacial score (nSPS) is 18.2. The summed E-state index contributed by atoms with van der Waals surface area (Å²) in [6.07, 6.45) is 0. The fourth-order valence-corrected chi connectivity index (χ4v) is 0.763. The second-order valence-corrected chi connectivity index (χ2v) is 1.97. The van der Waals surface area contributed by atoms with Crippen molar-refractivity contribution in [3.63, 3.8) is 0 Å². The Hall–Kier alpha value is -0.540. The first kappa shape index (κ1) is 6.58. The summed E-state index contributed by atoms with van der Waals surface area (Å²) in [5.41, 5.74) is 0. The summed E-state index contributed by atoms with van der Waals surface area (Å²) in [5, 5.41) is 3.72. The zero-order chi connectivity index (χ0) is 6.85. The highest BCUT2D eigenvalue weighted by atomic mass is 35.5. The summed E-state index contributed by atoms with van der Waals surface area (Å²) < 4.78 is 0. The van der Waals surface area contributed by atoms with E-state index in [1.807, 2.05) is 0 Å². The molecule has 0 fully saturated rings. The van der Waals surface area contributed by atoms with E-state index in [0.717, 1.165) is 0 Å². The minimum atomic E-state index is 0.0694. The van der Waals surface area contributed by atoms with Gasteiger partial charge < -0.3 is 15.3 Å².